The van der Waals surface area contributed by atoms with Crippen molar-refractivity contribution in [3.63, 3.8) is 0 Å². The third-order valence-corrected chi connectivity index (χ3v) is 2.86. The van der Waals surface area contributed by atoms with E-state index in [4.69, 9.17) is 9.47 Å². The Kier molecular flexibility index (Phi) is 4.26. The number of hydrogen-bond acceptors (Lipinski definition) is 3. The first-order valence-corrected chi connectivity index (χ1v) is 6.08. The van der Waals surface area contributed by atoms with Gasteiger partial charge in [-0.05, 0) is 41.3 Å². The second-order valence-corrected chi connectivity index (χ2v) is 4.60. The van der Waals surface area contributed by atoms with Crippen LogP contribution < -0.4 is 0 Å². The van der Waals surface area contributed by atoms with Gasteiger partial charge in [0.25, 0.3) is 0 Å². The Morgan fingerprint density at radius 1 is 1.56 bits per heavy atom. The van der Waals surface area contributed by atoms with Crippen molar-refractivity contribution < 1.29 is 13.9 Å². The molecule has 1 aromatic heterocycles. The molecule has 1 unspecified atom stereocenters. The lowest BCUT2D eigenvalue weighted by atomic mass is 10.2. The van der Waals surface area contributed by atoms with Crippen LogP contribution in [0.25, 0.3) is 0 Å². The van der Waals surface area contributed by atoms with Crippen molar-refractivity contribution in [1.29, 1.82) is 0 Å². The minimum absolute atomic E-state index is 0.157. The maximum Gasteiger partial charge on any atom is 0.158 e. The molecule has 0 radical (unpaired) electrons. The monoisotopic (exact) mass is 289 g/mol. The van der Waals surface area contributed by atoms with E-state index in [0.717, 1.165) is 25.9 Å². The average Bonchev–Trinajstić information content (AvgIpc) is 2.29. The molecule has 0 aliphatic carbocycles. The van der Waals surface area contributed by atoms with Gasteiger partial charge in [-0.2, -0.15) is 0 Å². The van der Waals surface area contributed by atoms with E-state index in [1.165, 1.54) is 6.07 Å². The fourth-order valence-electron chi connectivity index (χ4n) is 1.56. The largest absolute Gasteiger partial charge is 0.353 e. The Hall–Kier alpha value is -0.520. The zero-order valence-corrected chi connectivity index (χ0v) is 10.4. The van der Waals surface area contributed by atoms with Crippen LogP contribution in [0.4, 0.5) is 4.39 Å². The van der Waals surface area contributed by atoms with Gasteiger partial charge in [-0.25, -0.2) is 4.39 Å². The number of hydrogen-bond donors (Lipinski definition) is 0. The Bertz CT molecular complexity index is 356. The molecule has 1 saturated heterocycles. The molecule has 1 atom stereocenters. The summed E-state index contributed by atoms with van der Waals surface area (Å²) in [7, 11) is 0. The number of halogens is 2. The van der Waals surface area contributed by atoms with Crippen molar-refractivity contribution in [2.45, 2.75) is 32.2 Å². The molecule has 3 nitrogen and oxygen atoms in total. The van der Waals surface area contributed by atoms with Gasteiger partial charge >= 0.3 is 0 Å². The minimum atomic E-state index is -0.356. The van der Waals surface area contributed by atoms with Gasteiger partial charge in [-0.1, -0.05) is 0 Å². The number of pyridine rings is 1. The lowest BCUT2D eigenvalue weighted by Gasteiger charge is -2.22. The fourth-order valence-corrected chi connectivity index (χ4v) is 1.87. The van der Waals surface area contributed by atoms with Gasteiger partial charge in [0, 0.05) is 17.3 Å². The highest BCUT2D eigenvalue weighted by Gasteiger charge is 2.15. The van der Waals surface area contributed by atoms with Crippen LogP contribution in [0.15, 0.2) is 16.7 Å². The van der Waals surface area contributed by atoms with Crippen molar-refractivity contribution in [2.75, 3.05) is 6.61 Å². The van der Waals surface area contributed by atoms with Gasteiger partial charge in [-0.15, -0.1) is 0 Å². The molecule has 1 fully saturated rings. The highest BCUT2D eigenvalue weighted by molar-refractivity contribution is 9.10. The van der Waals surface area contributed by atoms with Crippen molar-refractivity contribution in [3.05, 3.63) is 28.2 Å². The topological polar surface area (TPSA) is 31.4 Å². The van der Waals surface area contributed by atoms with Gasteiger partial charge in [0.1, 0.15) is 11.5 Å². The second-order valence-electron chi connectivity index (χ2n) is 3.69. The molecule has 0 saturated carbocycles. The molecule has 2 rings (SSSR count). The van der Waals surface area contributed by atoms with Crippen molar-refractivity contribution >= 4 is 15.9 Å². The number of nitrogens with zero attached hydrogens (tertiary/aromatic N) is 1. The maximum atomic E-state index is 13.4. The van der Waals surface area contributed by atoms with Crippen LogP contribution in [-0.2, 0) is 16.1 Å². The Balaban J connectivity index is 1.88. The molecule has 1 aliphatic heterocycles. The molecular formula is C11H13BrFNO2. The van der Waals surface area contributed by atoms with E-state index in [1.807, 2.05) is 0 Å². The standard InChI is InChI=1S/C11H13BrFNO2/c12-8-5-9(13)10(14-6-8)7-16-11-3-1-2-4-15-11/h5-6,11H,1-4,7H2. The summed E-state index contributed by atoms with van der Waals surface area (Å²) in [5, 5.41) is 0. The third-order valence-electron chi connectivity index (χ3n) is 2.43. The molecule has 1 aromatic rings. The first-order chi connectivity index (χ1) is 7.75. The molecule has 88 valence electrons. The van der Waals surface area contributed by atoms with E-state index in [2.05, 4.69) is 20.9 Å². The van der Waals surface area contributed by atoms with Crippen molar-refractivity contribution in [3.8, 4) is 0 Å². The predicted molar refractivity (Wildman–Crippen MR) is 60.3 cm³/mol. The lowest BCUT2D eigenvalue weighted by Crippen LogP contribution is -2.22. The van der Waals surface area contributed by atoms with Crippen LogP contribution in [-0.4, -0.2) is 17.9 Å². The predicted octanol–water partition coefficient (Wildman–Crippen LogP) is 3.03. The molecule has 5 heteroatoms. The molecular weight excluding hydrogens is 277 g/mol. The molecule has 0 aromatic carbocycles. The quantitative estimate of drug-likeness (QED) is 0.857. The van der Waals surface area contributed by atoms with Gasteiger partial charge in [0.05, 0.1) is 6.61 Å². The lowest BCUT2D eigenvalue weighted by molar-refractivity contribution is -0.169. The van der Waals surface area contributed by atoms with Crippen molar-refractivity contribution in [2.24, 2.45) is 0 Å². The highest BCUT2D eigenvalue weighted by atomic mass is 79.9. The van der Waals surface area contributed by atoms with E-state index in [-0.39, 0.29) is 18.7 Å². The smallest absolute Gasteiger partial charge is 0.158 e. The molecule has 16 heavy (non-hydrogen) atoms. The average molecular weight is 290 g/mol. The first kappa shape index (κ1) is 12.0. The summed E-state index contributed by atoms with van der Waals surface area (Å²) in [5.41, 5.74) is 0.317. The third kappa shape index (κ3) is 3.23. The van der Waals surface area contributed by atoms with E-state index in [1.54, 1.807) is 6.20 Å². The Morgan fingerprint density at radius 2 is 2.44 bits per heavy atom. The Morgan fingerprint density at radius 3 is 3.12 bits per heavy atom. The van der Waals surface area contributed by atoms with Crippen LogP contribution in [0, 0.1) is 5.82 Å². The minimum Gasteiger partial charge on any atom is -0.353 e. The van der Waals surface area contributed by atoms with E-state index < -0.39 is 0 Å². The van der Waals surface area contributed by atoms with Gasteiger partial charge in [0.2, 0.25) is 0 Å². The summed E-state index contributed by atoms with van der Waals surface area (Å²) in [4.78, 5) is 3.96. The Labute approximate surface area is 102 Å². The van der Waals surface area contributed by atoms with E-state index in [9.17, 15) is 4.39 Å². The van der Waals surface area contributed by atoms with Gasteiger partial charge in [-0.3, -0.25) is 4.98 Å². The summed E-state index contributed by atoms with van der Waals surface area (Å²) in [6.45, 7) is 0.880. The number of aromatic nitrogens is 1. The molecule has 1 aliphatic rings. The molecule has 0 amide bonds. The molecule has 0 bridgehead atoms. The zero-order chi connectivity index (χ0) is 11.4. The fraction of sp³-hybridized carbons (Fsp3) is 0.545. The van der Waals surface area contributed by atoms with Gasteiger partial charge in [0.15, 0.2) is 6.29 Å². The summed E-state index contributed by atoms with van der Waals surface area (Å²) in [5.74, 6) is -0.356. The maximum absolute atomic E-state index is 13.4. The number of ether oxygens (including phenoxy) is 2. The first-order valence-electron chi connectivity index (χ1n) is 5.29. The number of rotatable bonds is 3. The zero-order valence-electron chi connectivity index (χ0n) is 8.79. The van der Waals surface area contributed by atoms with Crippen LogP contribution in [0.2, 0.25) is 0 Å². The van der Waals surface area contributed by atoms with Crippen LogP contribution in [0.5, 0.6) is 0 Å². The van der Waals surface area contributed by atoms with Crippen LogP contribution >= 0.6 is 15.9 Å². The summed E-state index contributed by atoms with van der Waals surface area (Å²) < 4.78 is 24.9. The summed E-state index contributed by atoms with van der Waals surface area (Å²) in [6, 6.07) is 1.38. The van der Waals surface area contributed by atoms with Gasteiger partial charge < -0.3 is 9.47 Å². The second kappa shape index (κ2) is 5.70. The normalized spacial score (nSPS) is 21.0. The summed E-state index contributed by atoms with van der Waals surface area (Å²) >= 11 is 3.16. The van der Waals surface area contributed by atoms with E-state index >= 15 is 0 Å². The molecule has 0 spiro atoms. The highest BCUT2D eigenvalue weighted by Crippen LogP contribution is 2.17. The van der Waals surface area contributed by atoms with E-state index in [0.29, 0.717) is 10.2 Å². The summed E-state index contributed by atoms with van der Waals surface area (Å²) in [6.07, 6.45) is 4.39. The molecule has 2 heterocycles. The van der Waals surface area contributed by atoms with Crippen molar-refractivity contribution in [1.82, 2.24) is 4.98 Å². The SMILES string of the molecule is Fc1cc(Br)cnc1COC1CCCCO1. The molecule has 0 N–H and O–H groups in total. The van der Waals surface area contributed by atoms with Crippen LogP contribution in [0.1, 0.15) is 25.0 Å². The van der Waals surface area contributed by atoms with Crippen LogP contribution in [0.3, 0.4) is 0 Å².